The van der Waals surface area contributed by atoms with Gasteiger partial charge in [0, 0.05) is 18.5 Å². The second kappa shape index (κ2) is 8.27. The number of nitrogens with one attached hydrogen (secondary N) is 1. The number of para-hydroxylation sites is 3. The second-order valence-electron chi connectivity index (χ2n) is 6.40. The Morgan fingerprint density at radius 2 is 1.93 bits per heavy atom. The van der Waals surface area contributed by atoms with Gasteiger partial charge >= 0.3 is 0 Å². The van der Waals surface area contributed by atoms with Gasteiger partial charge in [-0.05, 0) is 29.6 Å². The summed E-state index contributed by atoms with van der Waals surface area (Å²) in [5, 5.41) is 4.89. The molecule has 0 saturated carbocycles. The molecule has 0 radical (unpaired) electrons. The molecule has 1 amide bonds. The number of hydrogen-bond acceptors (Lipinski definition) is 4. The van der Waals surface area contributed by atoms with Crippen LogP contribution in [0.1, 0.15) is 21.1 Å². The third kappa shape index (κ3) is 3.77. The van der Waals surface area contributed by atoms with Crippen LogP contribution in [0.2, 0.25) is 0 Å². The third-order valence-electron chi connectivity index (χ3n) is 4.63. The van der Waals surface area contributed by atoms with E-state index >= 15 is 0 Å². The number of thiophene rings is 1. The smallest absolute Gasteiger partial charge is 0.261 e. The van der Waals surface area contributed by atoms with Gasteiger partial charge in [-0.15, -0.1) is 11.3 Å². The van der Waals surface area contributed by atoms with E-state index in [1.54, 1.807) is 7.11 Å². The predicted octanol–water partition coefficient (Wildman–Crippen LogP) is 4.13. The molecule has 0 aliphatic heterocycles. The maximum atomic E-state index is 12.2. The van der Waals surface area contributed by atoms with Crippen molar-refractivity contribution < 1.29 is 9.53 Å². The molecular formula is C22H21N3O2S. The number of amides is 1. The van der Waals surface area contributed by atoms with Crippen molar-refractivity contribution in [3.05, 3.63) is 82.3 Å². The fraction of sp³-hybridized carbons (Fsp3) is 0.182. The van der Waals surface area contributed by atoms with Crippen LogP contribution in [0.3, 0.4) is 0 Å². The molecule has 2 aromatic carbocycles. The lowest BCUT2D eigenvalue weighted by Crippen LogP contribution is -2.25. The van der Waals surface area contributed by atoms with E-state index in [1.165, 1.54) is 11.3 Å². The molecule has 0 fully saturated rings. The Hall–Kier alpha value is -3.12. The van der Waals surface area contributed by atoms with Gasteiger partial charge in [0.2, 0.25) is 0 Å². The molecule has 4 rings (SSSR count). The highest BCUT2D eigenvalue weighted by Crippen LogP contribution is 2.23. The summed E-state index contributed by atoms with van der Waals surface area (Å²) in [4.78, 5) is 17.7. The van der Waals surface area contributed by atoms with Gasteiger partial charge < -0.3 is 14.6 Å². The lowest BCUT2D eigenvalue weighted by molar-refractivity contribution is 0.0958. The Bertz CT molecular complexity index is 1090. The topological polar surface area (TPSA) is 56.1 Å². The van der Waals surface area contributed by atoms with Crippen molar-refractivity contribution >= 4 is 28.3 Å². The van der Waals surface area contributed by atoms with Crippen molar-refractivity contribution in [2.75, 3.05) is 13.7 Å². The number of nitrogens with zero attached hydrogens (tertiary/aromatic N) is 2. The van der Waals surface area contributed by atoms with Crippen LogP contribution in [0.15, 0.2) is 66.0 Å². The average Bonchev–Trinajstić information content (AvgIpc) is 3.37. The number of hydrogen-bond donors (Lipinski definition) is 1. The van der Waals surface area contributed by atoms with E-state index in [4.69, 9.17) is 9.72 Å². The number of carbonyl (C=O) groups excluding carboxylic acids is 1. The Kier molecular flexibility index (Phi) is 5.39. The first-order chi connectivity index (χ1) is 13.8. The van der Waals surface area contributed by atoms with Crippen molar-refractivity contribution in [1.29, 1.82) is 0 Å². The third-order valence-corrected chi connectivity index (χ3v) is 5.50. The van der Waals surface area contributed by atoms with E-state index < -0.39 is 0 Å². The Morgan fingerprint density at radius 3 is 2.75 bits per heavy atom. The monoisotopic (exact) mass is 391 g/mol. The summed E-state index contributed by atoms with van der Waals surface area (Å²) in [5.74, 6) is 1.76. The average molecular weight is 391 g/mol. The van der Waals surface area contributed by atoms with Crippen LogP contribution in [0.4, 0.5) is 0 Å². The van der Waals surface area contributed by atoms with Crippen molar-refractivity contribution in [2.45, 2.75) is 13.0 Å². The summed E-state index contributed by atoms with van der Waals surface area (Å²) < 4.78 is 7.71. The number of methoxy groups -OCH3 is 1. The molecule has 6 heteroatoms. The second-order valence-corrected chi connectivity index (χ2v) is 7.35. The molecule has 0 bridgehead atoms. The number of carbonyl (C=O) groups is 1. The predicted molar refractivity (Wildman–Crippen MR) is 112 cm³/mol. The Balaban J connectivity index is 1.57. The van der Waals surface area contributed by atoms with Crippen molar-refractivity contribution in [1.82, 2.24) is 14.9 Å². The largest absolute Gasteiger partial charge is 0.496 e. The van der Waals surface area contributed by atoms with E-state index in [2.05, 4.69) is 22.0 Å². The summed E-state index contributed by atoms with van der Waals surface area (Å²) in [5.41, 5.74) is 3.13. The van der Waals surface area contributed by atoms with Gasteiger partial charge in [-0.3, -0.25) is 4.79 Å². The van der Waals surface area contributed by atoms with Crippen molar-refractivity contribution in [2.24, 2.45) is 0 Å². The fourth-order valence-electron chi connectivity index (χ4n) is 3.28. The molecule has 1 N–H and O–H groups in total. The summed E-state index contributed by atoms with van der Waals surface area (Å²) in [6.45, 7) is 1.20. The fourth-order valence-corrected chi connectivity index (χ4v) is 3.92. The van der Waals surface area contributed by atoms with Crippen LogP contribution in [0.25, 0.3) is 11.0 Å². The van der Waals surface area contributed by atoms with E-state index in [-0.39, 0.29) is 5.91 Å². The zero-order chi connectivity index (χ0) is 19.3. The molecule has 28 heavy (non-hydrogen) atoms. The van der Waals surface area contributed by atoms with Gasteiger partial charge in [-0.2, -0.15) is 0 Å². The van der Waals surface area contributed by atoms with Crippen LogP contribution in [0, 0.1) is 0 Å². The van der Waals surface area contributed by atoms with Crippen LogP contribution in [-0.2, 0) is 13.0 Å². The number of rotatable bonds is 7. The minimum absolute atomic E-state index is 0.0395. The molecule has 4 aromatic rings. The molecule has 142 valence electrons. The van der Waals surface area contributed by atoms with E-state index in [0.717, 1.165) is 33.0 Å². The molecular weight excluding hydrogens is 370 g/mol. The normalized spacial score (nSPS) is 10.9. The molecule has 0 saturated heterocycles. The first kappa shape index (κ1) is 18.3. The number of ether oxygens (including phenoxy) is 1. The molecule has 0 aliphatic rings. The van der Waals surface area contributed by atoms with Crippen molar-refractivity contribution in [3.63, 3.8) is 0 Å². The van der Waals surface area contributed by atoms with Gasteiger partial charge in [0.05, 0.1) is 29.6 Å². The van der Waals surface area contributed by atoms with Gasteiger partial charge in [0.25, 0.3) is 5.91 Å². The van der Waals surface area contributed by atoms with Gasteiger partial charge in [-0.25, -0.2) is 4.98 Å². The summed E-state index contributed by atoms with van der Waals surface area (Å²) in [7, 11) is 1.69. The first-order valence-electron chi connectivity index (χ1n) is 9.14. The van der Waals surface area contributed by atoms with Crippen LogP contribution >= 0.6 is 11.3 Å². The summed E-state index contributed by atoms with van der Waals surface area (Å²) >= 11 is 1.44. The maximum absolute atomic E-state index is 12.2. The molecule has 0 atom stereocenters. The Labute approximate surface area is 167 Å². The Morgan fingerprint density at radius 1 is 1.11 bits per heavy atom. The highest BCUT2D eigenvalue weighted by atomic mass is 32.1. The molecule has 2 heterocycles. The van der Waals surface area contributed by atoms with Crippen LogP contribution < -0.4 is 10.1 Å². The molecule has 0 unspecified atom stereocenters. The number of fused-ring (bicyclic) bond motifs is 1. The van der Waals surface area contributed by atoms with E-state index in [0.29, 0.717) is 19.5 Å². The molecule has 0 spiro atoms. The minimum Gasteiger partial charge on any atom is -0.496 e. The maximum Gasteiger partial charge on any atom is 0.261 e. The van der Waals surface area contributed by atoms with Gasteiger partial charge in [-0.1, -0.05) is 36.4 Å². The number of imidazole rings is 1. The summed E-state index contributed by atoms with van der Waals surface area (Å²) in [6, 6.07) is 19.8. The van der Waals surface area contributed by atoms with Crippen LogP contribution in [0.5, 0.6) is 5.75 Å². The van der Waals surface area contributed by atoms with Gasteiger partial charge in [0.1, 0.15) is 11.6 Å². The number of benzene rings is 2. The molecule has 2 aromatic heterocycles. The highest BCUT2D eigenvalue weighted by Gasteiger charge is 2.13. The zero-order valence-electron chi connectivity index (χ0n) is 15.6. The van der Waals surface area contributed by atoms with E-state index in [9.17, 15) is 4.79 Å². The van der Waals surface area contributed by atoms with Gasteiger partial charge in [0.15, 0.2) is 0 Å². The minimum atomic E-state index is -0.0395. The molecule has 5 nitrogen and oxygen atoms in total. The summed E-state index contributed by atoms with van der Waals surface area (Å²) in [6.07, 6.45) is 0.654. The lowest BCUT2D eigenvalue weighted by atomic mass is 10.2. The van der Waals surface area contributed by atoms with Crippen LogP contribution in [-0.4, -0.2) is 29.1 Å². The first-order valence-corrected chi connectivity index (χ1v) is 10.0. The quantitative estimate of drug-likeness (QED) is 0.515. The molecule has 0 aliphatic carbocycles. The highest BCUT2D eigenvalue weighted by molar-refractivity contribution is 7.12. The number of aromatic nitrogens is 2. The van der Waals surface area contributed by atoms with Crippen molar-refractivity contribution in [3.8, 4) is 5.75 Å². The van der Waals surface area contributed by atoms with E-state index in [1.807, 2.05) is 53.9 Å². The standard InChI is InChI=1S/C22H21N3O2S/c1-27-19-10-5-2-7-16(19)15-25-18-9-4-3-8-17(18)24-21(25)12-13-23-22(26)20-11-6-14-28-20/h2-11,14H,12-13,15H2,1H3,(H,23,26). The zero-order valence-corrected chi connectivity index (χ0v) is 16.4. The SMILES string of the molecule is COc1ccccc1Cn1c(CCNC(=O)c2cccs2)nc2ccccc21. The lowest BCUT2D eigenvalue weighted by Gasteiger charge is -2.13.